The second-order valence-corrected chi connectivity index (χ2v) is 7.78. The largest absolute Gasteiger partial charge is 0.486 e. The summed E-state index contributed by atoms with van der Waals surface area (Å²) in [5.41, 5.74) is 1.29. The van der Waals surface area contributed by atoms with Crippen molar-refractivity contribution in [1.29, 1.82) is 0 Å². The summed E-state index contributed by atoms with van der Waals surface area (Å²) in [4.78, 5) is 0. The monoisotopic (exact) mass is 324 g/mol. The Morgan fingerprint density at radius 1 is 1.32 bits per heavy atom. The molecule has 1 aliphatic rings. The van der Waals surface area contributed by atoms with E-state index in [-0.39, 0.29) is 11.7 Å². The topological polar surface area (TPSA) is 52.6 Å². The number of halogens is 2. The molecular formula is C12H14Cl2O4S. The van der Waals surface area contributed by atoms with Crippen LogP contribution in [-0.4, -0.2) is 21.6 Å². The highest BCUT2D eigenvalue weighted by molar-refractivity contribution is 8.13. The van der Waals surface area contributed by atoms with Gasteiger partial charge in [0.05, 0.1) is 10.8 Å². The first-order valence-electron chi connectivity index (χ1n) is 5.83. The molecule has 1 aliphatic heterocycles. The van der Waals surface area contributed by atoms with Crippen LogP contribution in [0.4, 0.5) is 0 Å². The van der Waals surface area contributed by atoms with Gasteiger partial charge in [0.1, 0.15) is 13.2 Å². The van der Waals surface area contributed by atoms with Crippen LogP contribution in [0.25, 0.3) is 0 Å². The van der Waals surface area contributed by atoms with Crippen molar-refractivity contribution >= 4 is 31.3 Å². The maximum absolute atomic E-state index is 11.3. The van der Waals surface area contributed by atoms with E-state index in [9.17, 15) is 8.42 Å². The van der Waals surface area contributed by atoms with Gasteiger partial charge in [-0.15, -0.1) is 0 Å². The molecule has 1 aromatic rings. The first-order chi connectivity index (χ1) is 8.79. The summed E-state index contributed by atoms with van der Waals surface area (Å²) in [7, 11) is 1.68. The van der Waals surface area contributed by atoms with Gasteiger partial charge >= 0.3 is 0 Å². The Morgan fingerprint density at radius 3 is 2.53 bits per heavy atom. The summed E-state index contributed by atoms with van der Waals surface area (Å²) in [6, 6.07) is 1.65. The first-order valence-corrected chi connectivity index (χ1v) is 8.68. The number of hydrogen-bond acceptors (Lipinski definition) is 4. The standard InChI is InChI=1S/C12H14Cl2O4S/c1-7(2)10-8(6-19(14,15)16)5-9-12(11(10)13)18-4-3-17-9/h5,7H,3-4,6H2,1-2H3. The molecule has 0 saturated carbocycles. The molecule has 0 atom stereocenters. The van der Waals surface area contributed by atoms with Crippen LogP contribution in [0.1, 0.15) is 30.9 Å². The van der Waals surface area contributed by atoms with E-state index in [1.54, 1.807) is 6.07 Å². The van der Waals surface area contributed by atoms with Gasteiger partial charge < -0.3 is 9.47 Å². The Balaban J connectivity index is 2.61. The molecule has 0 N–H and O–H groups in total. The van der Waals surface area contributed by atoms with Crippen molar-refractivity contribution in [3.63, 3.8) is 0 Å². The van der Waals surface area contributed by atoms with Crippen LogP contribution in [0.3, 0.4) is 0 Å². The van der Waals surface area contributed by atoms with Crippen molar-refractivity contribution in [3.05, 3.63) is 22.2 Å². The van der Waals surface area contributed by atoms with Gasteiger partial charge in [-0.1, -0.05) is 25.4 Å². The van der Waals surface area contributed by atoms with Crippen molar-refractivity contribution in [1.82, 2.24) is 0 Å². The van der Waals surface area contributed by atoms with Crippen LogP contribution in [0, 0.1) is 0 Å². The van der Waals surface area contributed by atoms with Gasteiger partial charge in [-0.2, -0.15) is 0 Å². The van der Waals surface area contributed by atoms with E-state index in [0.29, 0.717) is 35.3 Å². The molecule has 2 rings (SSSR count). The Morgan fingerprint density at radius 2 is 1.95 bits per heavy atom. The molecule has 0 saturated heterocycles. The molecule has 4 nitrogen and oxygen atoms in total. The molecule has 0 radical (unpaired) electrons. The molecule has 0 aromatic heterocycles. The number of benzene rings is 1. The number of hydrogen-bond donors (Lipinski definition) is 0. The van der Waals surface area contributed by atoms with Gasteiger partial charge in [0, 0.05) is 10.7 Å². The molecule has 0 fully saturated rings. The Bertz CT molecular complexity index is 596. The molecule has 0 spiro atoms. The predicted octanol–water partition coefficient (Wildman–Crippen LogP) is 3.30. The van der Waals surface area contributed by atoms with Gasteiger partial charge in [-0.05, 0) is 23.1 Å². The Kier molecular flexibility index (Phi) is 4.18. The van der Waals surface area contributed by atoms with E-state index in [1.807, 2.05) is 13.8 Å². The summed E-state index contributed by atoms with van der Waals surface area (Å²) < 4.78 is 33.5. The third-order valence-electron chi connectivity index (χ3n) is 2.80. The highest BCUT2D eigenvalue weighted by Crippen LogP contribution is 2.44. The lowest BCUT2D eigenvalue weighted by Crippen LogP contribution is -2.17. The highest BCUT2D eigenvalue weighted by atomic mass is 35.7. The summed E-state index contributed by atoms with van der Waals surface area (Å²) in [6.07, 6.45) is 0. The summed E-state index contributed by atoms with van der Waals surface area (Å²) in [6.45, 7) is 4.71. The second kappa shape index (κ2) is 5.38. The van der Waals surface area contributed by atoms with Gasteiger partial charge in [0.15, 0.2) is 11.5 Å². The van der Waals surface area contributed by atoms with Crippen molar-refractivity contribution < 1.29 is 17.9 Å². The average Bonchev–Trinajstić information content (AvgIpc) is 2.26. The minimum atomic E-state index is -3.66. The average molecular weight is 325 g/mol. The zero-order valence-corrected chi connectivity index (χ0v) is 12.9. The van der Waals surface area contributed by atoms with E-state index < -0.39 is 9.05 Å². The fourth-order valence-electron chi connectivity index (χ4n) is 2.14. The Labute approximate surface area is 122 Å². The third kappa shape index (κ3) is 3.27. The van der Waals surface area contributed by atoms with Crippen molar-refractivity contribution in [2.45, 2.75) is 25.5 Å². The SMILES string of the molecule is CC(C)c1c(CS(=O)(=O)Cl)cc2c(c1Cl)OCCO2. The van der Waals surface area contributed by atoms with Gasteiger partial charge in [0.25, 0.3) is 0 Å². The first kappa shape index (κ1) is 14.8. The van der Waals surface area contributed by atoms with Crippen LogP contribution in [0.15, 0.2) is 6.07 Å². The minimum Gasteiger partial charge on any atom is -0.486 e. The Hall–Kier alpha value is -0.650. The molecule has 1 heterocycles. The van der Waals surface area contributed by atoms with Gasteiger partial charge in [-0.25, -0.2) is 8.42 Å². The summed E-state index contributed by atoms with van der Waals surface area (Å²) in [5.74, 6) is 0.721. The molecule has 0 unspecified atom stereocenters. The van der Waals surface area contributed by atoms with Crippen LogP contribution in [0.5, 0.6) is 11.5 Å². The van der Waals surface area contributed by atoms with E-state index in [0.717, 1.165) is 5.56 Å². The molecule has 0 bridgehead atoms. The van der Waals surface area contributed by atoms with Crippen LogP contribution in [-0.2, 0) is 14.8 Å². The van der Waals surface area contributed by atoms with Gasteiger partial charge in [0.2, 0.25) is 9.05 Å². The molecule has 7 heteroatoms. The molecule has 1 aromatic carbocycles. The normalized spacial score (nSPS) is 14.8. The zero-order chi connectivity index (χ0) is 14.2. The molecule has 0 amide bonds. The van der Waals surface area contributed by atoms with Gasteiger partial charge in [-0.3, -0.25) is 0 Å². The third-order valence-corrected chi connectivity index (χ3v) is 4.16. The number of rotatable bonds is 3. The predicted molar refractivity (Wildman–Crippen MR) is 75.0 cm³/mol. The quantitative estimate of drug-likeness (QED) is 0.800. The second-order valence-electron chi connectivity index (χ2n) is 4.63. The lowest BCUT2D eigenvalue weighted by Gasteiger charge is -2.24. The van der Waals surface area contributed by atoms with Crippen LogP contribution >= 0.6 is 22.3 Å². The number of fused-ring (bicyclic) bond motifs is 1. The number of ether oxygens (including phenoxy) is 2. The molecule has 19 heavy (non-hydrogen) atoms. The highest BCUT2D eigenvalue weighted by Gasteiger charge is 2.25. The molecule has 106 valence electrons. The zero-order valence-electron chi connectivity index (χ0n) is 10.6. The van der Waals surface area contributed by atoms with E-state index in [1.165, 1.54) is 0 Å². The summed E-state index contributed by atoms with van der Waals surface area (Å²) in [5, 5.41) is 0.405. The fraction of sp³-hybridized carbons (Fsp3) is 0.500. The van der Waals surface area contributed by atoms with Crippen LogP contribution < -0.4 is 9.47 Å². The van der Waals surface area contributed by atoms with Crippen molar-refractivity contribution in [2.75, 3.05) is 13.2 Å². The van der Waals surface area contributed by atoms with E-state index in [4.69, 9.17) is 31.8 Å². The smallest absolute Gasteiger partial charge is 0.236 e. The van der Waals surface area contributed by atoms with Crippen molar-refractivity contribution in [3.8, 4) is 11.5 Å². The van der Waals surface area contributed by atoms with Crippen molar-refractivity contribution in [2.24, 2.45) is 0 Å². The lowest BCUT2D eigenvalue weighted by atomic mass is 9.97. The van der Waals surface area contributed by atoms with Crippen LogP contribution in [0.2, 0.25) is 5.02 Å². The fourth-order valence-corrected chi connectivity index (χ4v) is 3.59. The maximum atomic E-state index is 11.3. The summed E-state index contributed by atoms with van der Waals surface area (Å²) >= 11 is 6.31. The maximum Gasteiger partial charge on any atom is 0.236 e. The molecule has 0 aliphatic carbocycles. The minimum absolute atomic E-state index is 0.0525. The van der Waals surface area contributed by atoms with E-state index in [2.05, 4.69) is 0 Å². The molecular weight excluding hydrogens is 311 g/mol. The lowest BCUT2D eigenvalue weighted by molar-refractivity contribution is 0.171. The van der Waals surface area contributed by atoms with E-state index >= 15 is 0 Å².